The summed E-state index contributed by atoms with van der Waals surface area (Å²) >= 11 is 0. The first kappa shape index (κ1) is 23.8. The number of carbonyl (C=O) groups excluding carboxylic acids is 1. The van der Waals surface area contributed by atoms with Crippen molar-refractivity contribution in [2.24, 2.45) is 0 Å². The van der Waals surface area contributed by atoms with E-state index in [1.165, 1.54) is 38.5 Å². The number of amides is 1. The number of benzene rings is 3. The van der Waals surface area contributed by atoms with Gasteiger partial charge in [-0.15, -0.1) is 0 Å². The van der Waals surface area contributed by atoms with Gasteiger partial charge >= 0.3 is 0 Å². The van der Waals surface area contributed by atoms with Crippen LogP contribution in [0.3, 0.4) is 0 Å². The molecule has 0 atom stereocenters. The summed E-state index contributed by atoms with van der Waals surface area (Å²) in [6, 6.07) is 20.4. The molecule has 0 fully saturated rings. The number of para-hydroxylation sites is 1. The van der Waals surface area contributed by atoms with E-state index in [2.05, 4.69) is 5.32 Å². The highest BCUT2D eigenvalue weighted by molar-refractivity contribution is 6.10. The molecule has 0 saturated heterocycles. The SMILES string of the molecule is COc1ccc(NC(=O)/C(C#N)=C/c2cccc(OC)c2OCc2ccccc2)c([N+](=O)[O-])c1. The molecule has 0 aliphatic carbocycles. The molecule has 9 nitrogen and oxygen atoms in total. The average molecular weight is 459 g/mol. The number of rotatable bonds is 9. The molecule has 3 rings (SSSR count). The van der Waals surface area contributed by atoms with Crippen LogP contribution in [0.2, 0.25) is 0 Å². The lowest BCUT2D eigenvalue weighted by atomic mass is 10.1. The van der Waals surface area contributed by atoms with Crippen LogP contribution in [-0.4, -0.2) is 25.1 Å². The number of hydrogen-bond acceptors (Lipinski definition) is 7. The Morgan fingerprint density at radius 1 is 1.09 bits per heavy atom. The van der Waals surface area contributed by atoms with Crippen molar-refractivity contribution in [1.82, 2.24) is 0 Å². The summed E-state index contributed by atoms with van der Waals surface area (Å²) in [4.78, 5) is 23.5. The Bertz CT molecular complexity index is 1270. The highest BCUT2D eigenvalue weighted by atomic mass is 16.6. The van der Waals surface area contributed by atoms with Crippen molar-refractivity contribution in [3.05, 3.63) is 93.5 Å². The molecule has 0 spiro atoms. The minimum Gasteiger partial charge on any atom is -0.496 e. The molecule has 1 N–H and O–H groups in total. The van der Waals surface area contributed by atoms with Gasteiger partial charge in [-0.25, -0.2) is 0 Å². The fourth-order valence-corrected chi connectivity index (χ4v) is 3.08. The second-order valence-electron chi connectivity index (χ2n) is 6.92. The number of nitro benzene ring substituents is 1. The maximum atomic E-state index is 12.8. The molecule has 1 amide bonds. The van der Waals surface area contributed by atoms with Crippen molar-refractivity contribution in [2.45, 2.75) is 6.61 Å². The van der Waals surface area contributed by atoms with Gasteiger partial charge in [0.2, 0.25) is 0 Å². The van der Waals surface area contributed by atoms with Gasteiger partial charge < -0.3 is 19.5 Å². The molecule has 0 aliphatic heterocycles. The van der Waals surface area contributed by atoms with Gasteiger partial charge in [-0.3, -0.25) is 14.9 Å². The highest BCUT2D eigenvalue weighted by Gasteiger charge is 2.20. The van der Waals surface area contributed by atoms with Gasteiger partial charge in [-0.2, -0.15) is 5.26 Å². The summed E-state index contributed by atoms with van der Waals surface area (Å²) in [5, 5.41) is 23.4. The predicted molar refractivity (Wildman–Crippen MR) is 126 cm³/mol. The van der Waals surface area contributed by atoms with E-state index in [0.717, 1.165) is 5.56 Å². The van der Waals surface area contributed by atoms with Crippen LogP contribution < -0.4 is 19.5 Å². The first-order valence-electron chi connectivity index (χ1n) is 10.1. The number of nitro groups is 1. The fraction of sp³-hybridized carbons (Fsp3) is 0.120. The summed E-state index contributed by atoms with van der Waals surface area (Å²) < 4.78 is 16.3. The van der Waals surface area contributed by atoms with E-state index in [1.54, 1.807) is 18.2 Å². The van der Waals surface area contributed by atoms with Crippen LogP contribution in [0.15, 0.2) is 72.3 Å². The zero-order chi connectivity index (χ0) is 24.5. The minimum atomic E-state index is -0.812. The Hall–Kier alpha value is -4.84. The lowest BCUT2D eigenvalue weighted by molar-refractivity contribution is -0.384. The van der Waals surface area contributed by atoms with Crippen LogP contribution in [0, 0.1) is 21.4 Å². The lowest BCUT2D eigenvalue weighted by Gasteiger charge is -2.14. The maximum absolute atomic E-state index is 12.8. The quantitative estimate of drug-likeness (QED) is 0.212. The van der Waals surface area contributed by atoms with Gasteiger partial charge in [0, 0.05) is 5.56 Å². The molecule has 9 heteroatoms. The molecule has 0 saturated carbocycles. The lowest BCUT2D eigenvalue weighted by Crippen LogP contribution is -2.14. The van der Waals surface area contributed by atoms with Crippen LogP contribution in [-0.2, 0) is 11.4 Å². The van der Waals surface area contributed by atoms with E-state index in [1.807, 2.05) is 36.4 Å². The summed E-state index contributed by atoms with van der Waals surface area (Å²) in [5.41, 5.74) is 0.656. The molecule has 0 bridgehead atoms. The Kier molecular flexibility index (Phi) is 7.81. The standard InChI is InChI=1S/C25H21N3O6/c1-32-20-11-12-21(22(14-20)28(30)31)27-25(29)19(15-26)13-18-9-6-10-23(33-2)24(18)34-16-17-7-4-3-5-8-17/h3-14H,16H2,1-2H3,(H,27,29)/b19-13+. The van der Waals surface area contributed by atoms with E-state index in [-0.39, 0.29) is 29.3 Å². The predicted octanol–water partition coefficient (Wildman–Crippen LogP) is 4.74. The molecule has 0 heterocycles. The number of methoxy groups -OCH3 is 2. The van der Waals surface area contributed by atoms with E-state index < -0.39 is 10.8 Å². The Labute approximate surface area is 196 Å². The van der Waals surface area contributed by atoms with Gasteiger partial charge in [0.05, 0.1) is 25.2 Å². The van der Waals surface area contributed by atoms with Crippen LogP contribution in [0.1, 0.15) is 11.1 Å². The Morgan fingerprint density at radius 3 is 2.50 bits per heavy atom. The number of ether oxygens (including phenoxy) is 3. The zero-order valence-electron chi connectivity index (χ0n) is 18.5. The van der Waals surface area contributed by atoms with Gasteiger partial charge in [0.1, 0.15) is 29.7 Å². The number of hydrogen-bond donors (Lipinski definition) is 1. The number of anilines is 1. The molecule has 172 valence electrons. The first-order valence-corrected chi connectivity index (χ1v) is 10.1. The van der Waals surface area contributed by atoms with Gasteiger partial charge in [-0.05, 0) is 29.8 Å². The second-order valence-corrected chi connectivity index (χ2v) is 6.92. The van der Waals surface area contributed by atoms with Gasteiger partial charge in [0.15, 0.2) is 11.5 Å². The van der Waals surface area contributed by atoms with Gasteiger partial charge in [-0.1, -0.05) is 42.5 Å². The van der Waals surface area contributed by atoms with E-state index in [4.69, 9.17) is 14.2 Å². The molecule has 0 aliphatic rings. The highest BCUT2D eigenvalue weighted by Crippen LogP contribution is 2.34. The van der Waals surface area contributed by atoms with Crippen molar-refractivity contribution in [1.29, 1.82) is 5.26 Å². The van der Waals surface area contributed by atoms with E-state index >= 15 is 0 Å². The van der Waals surface area contributed by atoms with Crippen LogP contribution in [0.25, 0.3) is 6.08 Å². The molecule has 0 aromatic heterocycles. The third-order valence-corrected chi connectivity index (χ3v) is 4.77. The average Bonchev–Trinajstić information content (AvgIpc) is 2.86. The Balaban J connectivity index is 1.91. The first-order chi connectivity index (χ1) is 16.5. The number of nitriles is 1. The topological polar surface area (TPSA) is 124 Å². The fourth-order valence-electron chi connectivity index (χ4n) is 3.08. The Morgan fingerprint density at radius 2 is 1.85 bits per heavy atom. The van der Waals surface area contributed by atoms with Crippen LogP contribution >= 0.6 is 0 Å². The van der Waals surface area contributed by atoms with Gasteiger partial charge in [0.25, 0.3) is 11.6 Å². The van der Waals surface area contributed by atoms with Crippen LogP contribution in [0.5, 0.6) is 17.2 Å². The second kappa shape index (κ2) is 11.2. The van der Waals surface area contributed by atoms with Crippen molar-refractivity contribution in [2.75, 3.05) is 19.5 Å². The molecular weight excluding hydrogens is 438 g/mol. The zero-order valence-corrected chi connectivity index (χ0v) is 18.5. The summed E-state index contributed by atoms with van der Waals surface area (Å²) in [5.74, 6) is 0.225. The van der Waals surface area contributed by atoms with Crippen molar-refractivity contribution in [3.8, 4) is 23.3 Å². The smallest absolute Gasteiger partial charge is 0.296 e. The summed E-state index contributed by atoms with van der Waals surface area (Å²) in [7, 11) is 2.86. The van der Waals surface area contributed by atoms with Crippen molar-refractivity contribution in [3.63, 3.8) is 0 Å². The number of nitrogens with one attached hydrogen (secondary N) is 1. The molecule has 0 unspecified atom stereocenters. The summed E-state index contributed by atoms with van der Waals surface area (Å²) in [6.07, 6.45) is 1.34. The normalized spacial score (nSPS) is 10.7. The van der Waals surface area contributed by atoms with E-state index in [9.17, 15) is 20.2 Å². The monoisotopic (exact) mass is 459 g/mol. The van der Waals surface area contributed by atoms with Crippen molar-refractivity contribution >= 4 is 23.4 Å². The largest absolute Gasteiger partial charge is 0.496 e. The molecule has 0 radical (unpaired) electrons. The van der Waals surface area contributed by atoms with Crippen molar-refractivity contribution < 1.29 is 23.9 Å². The molecule has 34 heavy (non-hydrogen) atoms. The number of nitrogens with zero attached hydrogens (tertiary/aromatic N) is 2. The number of carbonyl (C=O) groups is 1. The summed E-state index contributed by atoms with van der Waals surface area (Å²) in [6.45, 7) is 0.244. The maximum Gasteiger partial charge on any atom is 0.296 e. The van der Waals surface area contributed by atoms with E-state index in [0.29, 0.717) is 17.1 Å². The minimum absolute atomic E-state index is 0.0665. The van der Waals surface area contributed by atoms with Crippen LogP contribution in [0.4, 0.5) is 11.4 Å². The molecular formula is C25H21N3O6. The molecule has 3 aromatic rings. The molecule has 3 aromatic carbocycles. The third-order valence-electron chi connectivity index (χ3n) is 4.77. The third kappa shape index (κ3) is 5.69.